The van der Waals surface area contributed by atoms with Crippen LogP contribution < -0.4 is 5.32 Å². The molecule has 65 valence electrons. The van der Waals surface area contributed by atoms with Gasteiger partial charge in [-0.15, -0.1) is 11.3 Å². The van der Waals surface area contributed by atoms with Crippen LogP contribution in [-0.2, 0) is 13.0 Å². The van der Waals surface area contributed by atoms with E-state index in [9.17, 15) is 0 Å². The van der Waals surface area contributed by atoms with E-state index in [1.54, 1.807) is 0 Å². The van der Waals surface area contributed by atoms with E-state index in [-0.39, 0.29) is 0 Å². The third-order valence-electron chi connectivity index (χ3n) is 2.40. The molecule has 3 heteroatoms. The molecule has 3 heterocycles. The lowest BCUT2D eigenvalue weighted by atomic mass is 10.1. The Balaban J connectivity index is 2.34. The first-order valence-corrected chi connectivity index (χ1v) is 5.24. The molecule has 1 aliphatic rings. The normalized spacial score (nSPS) is 16.0. The Labute approximate surface area is 80.6 Å². The molecule has 13 heavy (non-hydrogen) atoms. The zero-order valence-electron chi connectivity index (χ0n) is 7.13. The van der Waals surface area contributed by atoms with E-state index in [4.69, 9.17) is 0 Å². The lowest BCUT2D eigenvalue weighted by Crippen LogP contribution is -2.21. The van der Waals surface area contributed by atoms with Crippen molar-refractivity contribution in [2.75, 3.05) is 6.54 Å². The number of thiophene rings is 1. The molecule has 0 amide bonds. The van der Waals surface area contributed by atoms with Crippen molar-refractivity contribution < 1.29 is 0 Å². The number of hydrogen-bond acceptors (Lipinski definition) is 3. The van der Waals surface area contributed by atoms with Gasteiger partial charge in [-0.3, -0.25) is 0 Å². The van der Waals surface area contributed by atoms with Gasteiger partial charge in [0.15, 0.2) is 0 Å². The van der Waals surface area contributed by atoms with Gasteiger partial charge in [0, 0.05) is 29.5 Å². The molecule has 3 rings (SSSR count). The lowest BCUT2D eigenvalue weighted by Gasteiger charge is -2.11. The highest BCUT2D eigenvalue weighted by Gasteiger charge is 2.15. The van der Waals surface area contributed by atoms with Gasteiger partial charge in [0.1, 0.15) is 4.83 Å². The Hall–Kier alpha value is -0.930. The standard InChI is InChI=1S/C10H9N2S/c1-2-7-8-6-11-5-3-9(8)13-10(7)12-4-1/h1,4,11H,3,5-6H2. The minimum absolute atomic E-state index is 0.984. The Morgan fingerprint density at radius 1 is 1.54 bits per heavy atom. The van der Waals surface area contributed by atoms with Crippen molar-refractivity contribution in [2.24, 2.45) is 0 Å². The van der Waals surface area contributed by atoms with Gasteiger partial charge >= 0.3 is 0 Å². The van der Waals surface area contributed by atoms with Crippen molar-refractivity contribution in [1.29, 1.82) is 0 Å². The van der Waals surface area contributed by atoms with Crippen molar-refractivity contribution in [3.05, 3.63) is 28.8 Å². The second-order valence-corrected chi connectivity index (χ2v) is 4.28. The van der Waals surface area contributed by atoms with E-state index in [1.807, 2.05) is 23.6 Å². The summed E-state index contributed by atoms with van der Waals surface area (Å²) in [6.07, 6.45) is 2.96. The van der Waals surface area contributed by atoms with E-state index in [0.29, 0.717) is 0 Å². The SMILES string of the molecule is [c]1ccnc2sc3c(c12)CNCC3. The number of aromatic nitrogens is 1. The van der Waals surface area contributed by atoms with Crippen molar-refractivity contribution in [3.8, 4) is 0 Å². The third kappa shape index (κ3) is 1.08. The summed E-state index contributed by atoms with van der Waals surface area (Å²) in [6, 6.07) is 5.16. The summed E-state index contributed by atoms with van der Waals surface area (Å²) in [4.78, 5) is 6.97. The van der Waals surface area contributed by atoms with Gasteiger partial charge in [-0.05, 0) is 24.1 Å². The highest BCUT2D eigenvalue weighted by Crippen LogP contribution is 2.30. The van der Waals surface area contributed by atoms with E-state index in [2.05, 4.69) is 16.4 Å². The molecule has 1 radical (unpaired) electrons. The maximum absolute atomic E-state index is 4.35. The van der Waals surface area contributed by atoms with E-state index in [1.165, 1.54) is 15.8 Å². The molecule has 2 nitrogen and oxygen atoms in total. The molecule has 2 aromatic rings. The number of rotatable bonds is 0. The van der Waals surface area contributed by atoms with Gasteiger partial charge in [0.2, 0.25) is 0 Å². The summed E-state index contributed by atoms with van der Waals surface area (Å²) >= 11 is 1.82. The predicted molar refractivity (Wildman–Crippen MR) is 53.9 cm³/mol. The molecular weight excluding hydrogens is 180 g/mol. The average Bonchev–Trinajstić information content (AvgIpc) is 2.56. The van der Waals surface area contributed by atoms with Crippen molar-refractivity contribution in [2.45, 2.75) is 13.0 Å². The minimum atomic E-state index is 0.984. The zero-order valence-corrected chi connectivity index (χ0v) is 7.95. The molecule has 0 unspecified atom stereocenters. The molecule has 1 N–H and O–H groups in total. The Morgan fingerprint density at radius 3 is 3.54 bits per heavy atom. The first kappa shape index (κ1) is 7.47. The predicted octanol–water partition coefficient (Wildman–Crippen LogP) is 1.74. The van der Waals surface area contributed by atoms with Crippen LogP contribution in [0, 0.1) is 6.07 Å². The summed E-state index contributed by atoms with van der Waals surface area (Å²) in [6.45, 7) is 2.08. The summed E-state index contributed by atoms with van der Waals surface area (Å²) in [5.41, 5.74) is 1.42. The molecule has 0 atom stereocenters. The summed E-state index contributed by atoms with van der Waals surface area (Å²) in [5.74, 6) is 0. The molecule has 0 spiro atoms. The van der Waals surface area contributed by atoms with Crippen LogP contribution in [0.1, 0.15) is 10.4 Å². The monoisotopic (exact) mass is 189 g/mol. The fourth-order valence-electron chi connectivity index (χ4n) is 1.77. The van der Waals surface area contributed by atoms with Gasteiger partial charge in [-0.25, -0.2) is 4.98 Å². The van der Waals surface area contributed by atoms with Crippen LogP contribution in [0.3, 0.4) is 0 Å². The van der Waals surface area contributed by atoms with Crippen LogP contribution in [0.2, 0.25) is 0 Å². The Kier molecular flexibility index (Phi) is 1.60. The number of hydrogen-bond donors (Lipinski definition) is 1. The molecular formula is C10H9N2S. The number of fused-ring (bicyclic) bond motifs is 3. The highest BCUT2D eigenvalue weighted by molar-refractivity contribution is 7.18. The molecule has 0 fully saturated rings. The fourth-order valence-corrected chi connectivity index (χ4v) is 2.90. The molecule has 2 aromatic heterocycles. The van der Waals surface area contributed by atoms with Gasteiger partial charge < -0.3 is 5.32 Å². The van der Waals surface area contributed by atoms with E-state index >= 15 is 0 Å². The van der Waals surface area contributed by atoms with Crippen LogP contribution in [0.4, 0.5) is 0 Å². The number of nitrogens with one attached hydrogen (secondary N) is 1. The van der Waals surface area contributed by atoms with Crippen molar-refractivity contribution in [1.82, 2.24) is 10.3 Å². The summed E-state index contributed by atoms with van der Waals surface area (Å²) in [7, 11) is 0. The van der Waals surface area contributed by atoms with Crippen molar-refractivity contribution >= 4 is 21.6 Å². The van der Waals surface area contributed by atoms with Gasteiger partial charge in [-0.2, -0.15) is 0 Å². The maximum atomic E-state index is 4.35. The van der Waals surface area contributed by atoms with Crippen LogP contribution in [0.5, 0.6) is 0 Å². The number of pyridine rings is 1. The van der Waals surface area contributed by atoms with Crippen molar-refractivity contribution in [3.63, 3.8) is 0 Å². The van der Waals surface area contributed by atoms with Gasteiger partial charge in [-0.1, -0.05) is 0 Å². The molecule has 0 saturated carbocycles. The van der Waals surface area contributed by atoms with E-state index < -0.39 is 0 Å². The molecule has 0 aliphatic carbocycles. The van der Waals surface area contributed by atoms with Gasteiger partial charge in [0.05, 0.1) is 0 Å². The fraction of sp³-hybridized carbons (Fsp3) is 0.300. The number of nitrogens with zero attached hydrogens (tertiary/aromatic N) is 1. The topological polar surface area (TPSA) is 24.9 Å². The molecule has 0 saturated heterocycles. The largest absolute Gasteiger partial charge is 0.312 e. The highest BCUT2D eigenvalue weighted by atomic mass is 32.1. The first-order chi connectivity index (χ1) is 6.45. The molecule has 0 bridgehead atoms. The molecule has 0 aromatic carbocycles. The smallest absolute Gasteiger partial charge is 0.124 e. The second-order valence-electron chi connectivity index (χ2n) is 3.20. The van der Waals surface area contributed by atoms with Crippen LogP contribution in [0.15, 0.2) is 12.3 Å². The Bertz CT molecular complexity index is 447. The average molecular weight is 189 g/mol. The first-order valence-electron chi connectivity index (χ1n) is 4.43. The maximum Gasteiger partial charge on any atom is 0.124 e. The minimum Gasteiger partial charge on any atom is -0.312 e. The third-order valence-corrected chi connectivity index (χ3v) is 3.60. The second kappa shape index (κ2) is 2.79. The quantitative estimate of drug-likeness (QED) is 0.683. The summed E-state index contributed by atoms with van der Waals surface area (Å²) < 4.78 is 0. The van der Waals surface area contributed by atoms with E-state index in [0.717, 1.165) is 24.3 Å². The molecule has 1 aliphatic heterocycles. The van der Waals surface area contributed by atoms with Crippen LogP contribution in [0.25, 0.3) is 10.2 Å². The summed E-state index contributed by atoms with van der Waals surface area (Å²) in [5, 5.41) is 4.60. The lowest BCUT2D eigenvalue weighted by molar-refractivity contribution is 0.656. The van der Waals surface area contributed by atoms with Crippen LogP contribution in [-0.4, -0.2) is 11.5 Å². The van der Waals surface area contributed by atoms with Crippen LogP contribution >= 0.6 is 11.3 Å². The Morgan fingerprint density at radius 2 is 2.54 bits per heavy atom. The zero-order chi connectivity index (χ0) is 8.67. The van der Waals surface area contributed by atoms with Gasteiger partial charge in [0.25, 0.3) is 0 Å².